The lowest BCUT2D eigenvalue weighted by Gasteiger charge is -2.33. The van der Waals surface area contributed by atoms with Gasteiger partial charge in [-0.2, -0.15) is 4.98 Å². The van der Waals surface area contributed by atoms with Gasteiger partial charge < -0.3 is 19.0 Å². The summed E-state index contributed by atoms with van der Waals surface area (Å²) in [6.45, 7) is 9.33. The predicted molar refractivity (Wildman–Crippen MR) is 86.9 cm³/mol. The van der Waals surface area contributed by atoms with Crippen LogP contribution in [0.5, 0.6) is 0 Å². The van der Waals surface area contributed by atoms with Gasteiger partial charge in [0.25, 0.3) is 0 Å². The molecule has 0 spiro atoms. The molecule has 2 aromatic heterocycles. The first-order valence-electron chi connectivity index (χ1n) is 7.89. The average molecular weight is 318 g/mol. The van der Waals surface area contributed by atoms with E-state index in [1.54, 1.807) is 13.8 Å². The van der Waals surface area contributed by atoms with E-state index in [-0.39, 0.29) is 5.97 Å². The molecule has 0 saturated carbocycles. The number of hydrogen-bond acceptors (Lipinski definition) is 7. The number of likely N-dealkylation sites (N-methyl/N-ethyl adjacent to an activating group) is 1. The SMILES string of the molecule is CCOC(=O)c1c(C)oc2nc(C)nc(N3CCN(C)CC3)c12. The third-order valence-electron chi connectivity index (χ3n) is 4.10. The van der Waals surface area contributed by atoms with Gasteiger partial charge in [0.2, 0.25) is 5.71 Å². The van der Waals surface area contributed by atoms with Crippen LogP contribution in [0.3, 0.4) is 0 Å². The minimum atomic E-state index is -0.383. The molecule has 7 heteroatoms. The standard InChI is InChI=1S/C16H22N4O3/c1-5-22-16(21)12-10(2)23-15-13(12)14(17-11(3)18-15)20-8-6-19(4)7-9-20/h5-9H2,1-4H3. The molecule has 1 saturated heterocycles. The largest absolute Gasteiger partial charge is 0.462 e. The first-order chi connectivity index (χ1) is 11.0. The monoisotopic (exact) mass is 318 g/mol. The van der Waals surface area contributed by atoms with Crippen molar-refractivity contribution in [3.05, 3.63) is 17.1 Å². The van der Waals surface area contributed by atoms with Crippen molar-refractivity contribution in [1.29, 1.82) is 0 Å². The van der Waals surface area contributed by atoms with Gasteiger partial charge in [-0.05, 0) is 27.8 Å². The number of esters is 1. The number of fused-ring (bicyclic) bond motifs is 1. The third-order valence-corrected chi connectivity index (χ3v) is 4.10. The maximum atomic E-state index is 12.3. The van der Waals surface area contributed by atoms with Crippen molar-refractivity contribution in [2.75, 3.05) is 44.7 Å². The summed E-state index contributed by atoms with van der Waals surface area (Å²) in [5, 5.41) is 0.663. The van der Waals surface area contributed by atoms with Crippen LogP contribution >= 0.6 is 0 Å². The molecule has 1 aliphatic rings. The number of anilines is 1. The fraction of sp³-hybridized carbons (Fsp3) is 0.562. The zero-order valence-electron chi connectivity index (χ0n) is 14.0. The van der Waals surface area contributed by atoms with Crippen LogP contribution in [-0.4, -0.2) is 60.7 Å². The van der Waals surface area contributed by atoms with E-state index in [1.165, 1.54) is 0 Å². The molecular formula is C16H22N4O3. The van der Waals surface area contributed by atoms with E-state index >= 15 is 0 Å². The van der Waals surface area contributed by atoms with Crippen LogP contribution in [0, 0.1) is 13.8 Å². The highest BCUT2D eigenvalue weighted by Crippen LogP contribution is 2.32. The molecule has 3 heterocycles. The number of aryl methyl sites for hydroxylation is 2. The Labute approximate surface area is 135 Å². The third kappa shape index (κ3) is 2.88. The lowest BCUT2D eigenvalue weighted by Crippen LogP contribution is -2.45. The van der Waals surface area contributed by atoms with Gasteiger partial charge in [-0.3, -0.25) is 0 Å². The van der Waals surface area contributed by atoms with Gasteiger partial charge in [-0.25, -0.2) is 9.78 Å². The number of aromatic nitrogens is 2. The van der Waals surface area contributed by atoms with Gasteiger partial charge in [-0.15, -0.1) is 0 Å². The molecule has 0 atom stereocenters. The second kappa shape index (κ2) is 6.16. The number of ether oxygens (including phenoxy) is 1. The molecule has 0 unspecified atom stereocenters. The molecular weight excluding hydrogens is 296 g/mol. The van der Waals surface area contributed by atoms with E-state index in [4.69, 9.17) is 9.15 Å². The summed E-state index contributed by atoms with van der Waals surface area (Å²) >= 11 is 0. The minimum Gasteiger partial charge on any atom is -0.462 e. The molecule has 1 fully saturated rings. The molecule has 3 rings (SSSR count). The van der Waals surface area contributed by atoms with Crippen LogP contribution < -0.4 is 4.90 Å². The Kier molecular flexibility index (Phi) is 4.21. The summed E-state index contributed by atoms with van der Waals surface area (Å²) in [5.41, 5.74) is 0.891. The van der Waals surface area contributed by atoms with Crippen molar-refractivity contribution < 1.29 is 13.9 Å². The number of carbonyl (C=O) groups is 1. The van der Waals surface area contributed by atoms with Crippen molar-refractivity contribution in [3.63, 3.8) is 0 Å². The molecule has 1 aliphatic heterocycles. The summed E-state index contributed by atoms with van der Waals surface area (Å²) < 4.78 is 10.9. The second-order valence-corrected chi connectivity index (χ2v) is 5.82. The summed E-state index contributed by atoms with van der Waals surface area (Å²) in [7, 11) is 2.10. The average Bonchev–Trinajstić information content (AvgIpc) is 2.83. The quantitative estimate of drug-likeness (QED) is 0.799. The maximum Gasteiger partial charge on any atom is 0.342 e. The molecule has 7 nitrogen and oxygen atoms in total. The summed E-state index contributed by atoms with van der Waals surface area (Å²) in [4.78, 5) is 25.8. The van der Waals surface area contributed by atoms with E-state index < -0.39 is 0 Å². The number of nitrogens with zero attached hydrogens (tertiary/aromatic N) is 4. The molecule has 0 bridgehead atoms. The Morgan fingerprint density at radius 2 is 1.91 bits per heavy atom. The zero-order valence-corrected chi connectivity index (χ0v) is 14.0. The molecule has 0 radical (unpaired) electrons. The molecule has 0 aliphatic carbocycles. The summed E-state index contributed by atoms with van der Waals surface area (Å²) in [6.07, 6.45) is 0. The van der Waals surface area contributed by atoms with Gasteiger partial charge >= 0.3 is 5.97 Å². The lowest BCUT2D eigenvalue weighted by atomic mass is 10.1. The number of hydrogen-bond donors (Lipinski definition) is 0. The number of carbonyl (C=O) groups excluding carboxylic acids is 1. The van der Waals surface area contributed by atoms with Gasteiger partial charge in [0.1, 0.15) is 23.0 Å². The lowest BCUT2D eigenvalue weighted by molar-refractivity contribution is 0.0526. The van der Waals surface area contributed by atoms with Crippen LogP contribution in [0.4, 0.5) is 5.82 Å². The van der Waals surface area contributed by atoms with Crippen LogP contribution in [0.15, 0.2) is 4.42 Å². The fourth-order valence-corrected chi connectivity index (χ4v) is 2.89. The van der Waals surface area contributed by atoms with E-state index in [2.05, 4.69) is 26.8 Å². The molecule has 124 valence electrons. The van der Waals surface area contributed by atoms with Crippen LogP contribution in [-0.2, 0) is 4.74 Å². The van der Waals surface area contributed by atoms with E-state index in [0.29, 0.717) is 34.9 Å². The minimum absolute atomic E-state index is 0.321. The Morgan fingerprint density at radius 1 is 1.22 bits per heavy atom. The van der Waals surface area contributed by atoms with Crippen molar-refractivity contribution >= 4 is 22.9 Å². The number of rotatable bonds is 3. The van der Waals surface area contributed by atoms with E-state index in [9.17, 15) is 4.79 Å². The van der Waals surface area contributed by atoms with Crippen LogP contribution in [0.2, 0.25) is 0 Å². The molecule has 0 amide bonds. The number of furan rings is 1. The molecule has 0 aromatic carbocycles. The highest BCUT2D eigenvalue weighted by atomic mass is 16.5. The van der Waals surface area contributed by atoms with Crippen LogP contribution in [0.1, 0.15) is 28.9 Å². The zero-order chi connectivity index (χ0) is 16.6. The predicted octanol–water partition coefficient (Wildman–Crippen LogP) is 1.77. The smallest absolute Gasteiger partial charge is 0.342 e. The van der Waals surface area contributed by atoms with Crippen molar-refractivity contribution in [2.24, 2.45) is 0 Å². The highest BCUT2D eigenvalue weighted by molar-refractivity contribution is 6.08. The first-order valence-corrected chi connectivity index (χ1v) is 7.89. The van der Waals surface area contributed by atoms with E-state index in [0.717, 1.165) is 32.0 Å². The Morgan fingerprint density at radius 3 is 2.57 bits per heavy atom. The topological polar surface area (TPSA) is 71.7 Å². The highest BCUT2D eigenvalue weighted by Gasteiger charge is 2.27. The van der Waals surface area contributed by atoms with Crippen molar-refractivity contribution in [1.82, 2.24) is 14.9 Å². The number of piperazine rings is 1. The van der Waals surface area contributed by atoms with Crippen LogP contribution in [0.25, 0.3) is 11.1 Å². The Bertz CT molecular complexity index is 732. The van der Waals surface area contributed by atoms with Gasteiger partial charge in [0.15, 0.2) is 0 Å². The first kappa shape index (κ1) is 15.7. The maximum absolute atomic E-state index is 12.3. The van der Waals surface area contributed by atoms with Gasteiger partial charge in [0, 0.05) is 26.2 Å². The van der Waals surface area contributed by atoms with E-state index in [1.807, 2.05) is 6.92 Å². The van der Waals surface area contributed by atoms with Crippen molar-refractivity contribution in [2.45, 2.75) is 20.8 Å². The normalized spacial score (nSPS) is 16.1. The summed E-state index contributed by atoms with van der Waals surface area (Å²) in [6, 6.07) is 0. The Balaban J connectivity index is 2.14. The summed E-state index contributed by atoms with van der Waals surface area (Å²) in [5.74, 6) is 1.54. The van der Waals surface area contributed by atoms with Gasteiger partial charge in [-0.1, -0.05) is 0 Å². The Hall–Kier alpha value is -2.15. The fourth-order valence-electron chi connectivity index (χ4n) is 2.89. The van der Waals surface area contributed by atoms with Gasteiger partial charge in [0.05, 0.1) is 12.0 Å². The van der Waals surface area contributed by atoms with Crippen molar-refractivity contribution in [3.8, 4) is 0 Å². The molecule has 2 aromatic rings. The second-order valence-electron chi connectivity index (χ2n) is 5.82. The molecule has 23 heavy (non-hydrogen) atoms. The molecule has 0 N–H and O–H groups in total.